The van der Waals surface area contributed by atoms with Crippen LogP contribution < -0.4 is 0 Å². The summed E-state index contributed by atoms with van der Waals surface area (Å²) in [4.78, 5) is 0.583. The van der Waals surface area contributed by atoms with Gasteiger partial charge in [0, 0.05) is 4.83 Å². The third-order valence-corrected chi connectivity index (χ3v) is 6.83. The summed E-state index contributed by atoms with van der Waals surface area (Å²) in [7, 11) is 0. The van der Waals surface area contributed by atoms with Gasteiger partial charge in [-0.2, -0.15) is 0 Å². The van der Waals surface area contributed by atoms with E-state index in [1.165, 1.54) is 47.9 Å². The fraction of sp³-hybridized carbons (Fsp3) is 0.667. The van der Waals surface area contributed by atoms with Crippen LogP contribution in [0, 0.1) is 45.4 Å². The van der Waals surface area contributed by atoms with E-state index in [1.807, 2.05) is 0 Å². The molecule has 0 amide bonds. The highest BCUT2D eigenvalue weighted by molar-refractivity contribution is 9.09. The second-order valence-electron chi connectivity index (χ2n) is 6.77. The van der Waals surface area contributed by atoms with Gasteiger partial charge in [0.1, 0.15) is 0 Å². The van der Waals surface area contributed by atoms with Gasteiger partial charge in [0.25, 0.3) is 0 Å². The lowest BCUT2D eigenvalue weighted by molar-refractivity contribution is 0.480. The minimum Gasteiger partial charge on any atom is -0.0835 e. The molecule has 0 nitrogen and oxygen atoms in total. The van der Waals surface area contributed by atoms with Gasteiger partial charge in [-0.05, 0) is 86.1 Å². The lowest BCUT2D eigenvalue weighted by Gasteiger charge is -2.20. The van der Waals surface area contributed by atoms with Crippen molar-refractivity contribution in [2.45, 2.75) is 58.2 Å². The smallest absolute Gasteiger partial charge is 0.0434 e. The second-order valence-corrected chi connectivity index (χ2v) is 7.75. The Bertz CT molecular complexity index is 465. The van der Waals surface area contributed by atoms with E-state index in [1.54, 1.807) is 5.56 Å². The molecule has 19 heavy (non-hydrogen) atoms. The van der Waals surface area contributed by atoms with Crippen molar-refractivity contribution in [2.24, 2.45) is 17.8 Å². The highest BCUT2D eigenvalue weighted by Gasteiger charge is 2.54. The van der Waals surface area contributed by atoms with Gasteiger partial charge >= 0.3 is 0 Å². The number of hydrogen-bond acceptors (Lipinski definition) is 0. The van der Waals surface area contributed by atoms with E-state index in [9.17, 15) is 0 Å². The third-order valence-electron chi connectivity index (χ3n) is 5.76. The van der Waals surface area contributed by atoms with Crippen LogP contribution in [0.3, 0.4) is 0 Å². The molecule has 1 aromatic carbocycles. The second kappa shape index (κ2) is 4.91. The van der Waals surface area contributed by atoms with Gasteiger partial charge in [-0.1, -0.05) is 34.8 Å². The lowest BCUT2D eigenvalue weighted by Crippen LogP contribution is -2.04. The maximum absolute atomic E-state index is 4.07. The van der Waals surface area contributed by atoms with Crippen molar-refractivity contribution in [1.29, 1.82) is 0 Å². The number of hydrogen-bond donors (Lipinski definition) is 0. The maximum Gasteiger partial charge on any atom is 0.0434 e. The Morgan fingerprint density at radius 3 is 1.89 bits per heavy atom. The zero-order valence-corrected chi connectivity index (χ0v) is 14.2. The van der Waals surface area contributed by atoms with Crippen LogP contribution in [0.25, 0.3) is 0 Å². The quantitative estimate of drug-likeness (QED) is 0.605. The summed E-state index contributed by atoms with van der Waals surface area (Å²) in [5.41, 5.74) is 7.51. The minimum absolute atomic E-state index is 0.583. The summed E-state index contributed by atoms with van der Waals surface area (Å²) in [5.74, 6) is 2.93. The van der Waals surface area contributed by atoms with E-state index in [4.69, 9.17) is 0 Å². The normalized spacial score (nSPS) is 30.9. The van der Waals surface area contributed by atoms with Gasteiger partial charge in [0.15, 0.2) is 0 Å². The first kappa shape index (κ1) is 13.7. The standard InChI is InChI=1S/C18H25Br/c1-10-9-11(2)13(4)16(12(10)3)18(19)17-14-7-5-6-8-15(14)17/h9,14-15,17-18H,5-8H2,1-4H3. The molecule has 2 aliphatic rings. The molecule has 0 saturated heterocycles. The van der Waals surface area contributed by atoms with Gasteiger partial charge < -0.3 is 0 Å². The Kier molecular flexibility index (Phi) is 3.53. The first-order chi connectivity index (χ1) is 9.02. The molecule has 0 heterocycles. The monoisotopic (exact) mass is 320 g/mol. The Morgan fingerprint density at radius 2 is 1.42 bits per heavy atom. The van der Waals surface area contributed by atoms with Crippen LogP contribution in [0.1, 0.15) is 58.3 Å². The van der Waals surface area contributed by atoms with Gasteiger partial charge in [-0.15, -0.1) is 0 Å². The summed E-state index contributed by atoms with van der Waals surface area (Å²) in [6, 6.07) is 2.34. The Morgan fingerprint density at radius 1 is 0.947 bits per heavy atom. The van der Waals surface area contributed by atoms with Crippen molar-refractivity contribution in [1.82, 2.24) is 0 Å². The zero-order chi connectivity index (χ0) is 13.7. The molecule has 0 bridgehead atoms. The number of halogens is 1. The molecule has 3 atom stereocenters. The molecule has 0 radical (unpaired) electrons. The number of alkyl halides is 1. The SMILES string of the molecule is Cc1cc(C)c(C)c(C(Br)C2C3CCCCC32)c1C. The summed E-state index contributed by atoms with van der Waals surface area (Å²) in [5, 5.41) is 0. The molecule has 1 heteroatoms. The first-order valence-electron chi connectivity index (χ1n) is 7.73. The molecular weight excluding hydrogens is 296 g/mol. The Balaban J connectivity index is 1.94. The van der Waals surface area contributed by atoms with Crippen LogP contribution in [-0.2, 0) is 0 Å². The Labute approximate surface area is 126 Å². The van der Waals surface area contributed by atoms with Crippen LogP contribution >= 0.6 is 15.9 Å². The van der Waals surface area contributed by atoms with Crippen molar-refractivity contribution in [3.63, 3.8) is 0 Å². The minimum atomic E-state index is 0.583. The third kappa shape index (κ3) is 2.18. The van der Waals surface area contributed by atoms with Crippen molar-refractivity contribution in [2.75, 3.05) is 0 Å². The van der Waals surface area contributed by atoms with Crippen molar-refractivity contribution < 1.29 is 0 Å². The van der Waals surface area contributed by atoms with Gasteiger partial charge in [-0.25, -0.2) is 0 Å². The molecule has 104 valence electrons. The summed E-state index contributed by atoms with van der Waals surface area (Å²) >= 11 is 4.07. The molecule has 3 rings (SSSR count). The van der Waals surface area contributed by atoms with Crippen LogP contribution in [0.15, 0.2) is 6.07 Å². The average Bonchev–Trinajstić information content (AvgIpc) is 3.11. The lowest BCUT2D eigenvalue weighted by atomic mass is 9.90. The summed E-state index contributed by atoms with van der Waals surface area (Å²) in [6.45, 7) is 9.12. The average molecular weight is 321 g/mol. The molecule has 0 spiro atoms. The molecule has 0 aliphatic heterocycles. The van der Waals surface area contributed by atoms with Gasteiger partial charge in [-0.3, -0.25) is 0 Å². The van der Waals surface area contributed by atoms with Crippen molar-refractivity contribution >= 4 is 15.9 Å². The summed E-state index contributed by atoms with van der Waals surface area (Å²) in [6.07, 6.45) is 5.87. The maximum atomic E-state index is 4.07. The zero-order valence-electron chi connectivity index (χ0n) is 12.6. The fourth-order valence-electron chi connectivity index (χ4n) is 4.34. The van der Waals surface area contributed by atoms with Crippen LogP contribution in [0.5, 0.6) is 0 Å². The molecule has 2 saturated carbocycles. The van der Waals surface area contributed by atoms with Gasteiger partial charge in [0.05, 0.1) is 0 Å². The Hall–Kier alpha value is -0.300. The predicted molar refractivity (Wildman–Crippen MR) is 86.0 cm³/mol. The number of aryl methyl sites for hydroxylation is 2. The number of benzene rings is 1. The van der Waals surface area contributed by atoms with E-state index in [0.717, 1.165) is 17.8 Å². The van der Waals surface area contributed by atoms with E-state index < -0.39 is 0 Å². The topological polar surface area (TPSA) is 0 Å². The van der Waals surface area contributed by atoms with Gasteiger partial charge in [0.2, 0.25) is 0 Å². The fourth-order valence-corrected chi connectivity index (χ4v) is 5.81. The van der Waals surface area contributed by atoms with E-state index >= 15 is 0 Å². The number of rotatable bonds is 2. The van der Waals surface area contributed by atoms with E-state index in [-0.39, 0.29) is 0 Å². The molecule has 2 aliphatic carbocycles. The van der Waals surface area contributed by atoms with Crippen LogP contribution in [0.4, 0.5) is 0 Å². The highest BCUT2D eigenvalue weighted by Crippen LogP contribution is 2.63. The van der Waals surface area contributed by atoms with Crippen molar-refractivity contribution in [3.05, 3.63) is 33.9 Å². The highest BCUT2D eigenvalue weighted by atomic mass is 79.9. The first-order valence-corrected chi connectivity index (χ1v) is 8.65. The molecule has 3 unspecified atom stereocenters. The van der Waals surface area contributed by atoms with Crippen molar-refractivity contribution in [3.8, 4) is 0 Å². The number of fused-ring (bicyclic) bond motifs is 1. The van der Waals surface area contributed by atoms with Crippen LogP contribution in [-0.4, -0.2) is 0 Å². The van der Waals surface area contributed by atoms with Crippen LogP contribution in [0.2, 0.25) is 0 Å². The molecule has 0 N–H and O–H groups in total. The largest absolute Gasteiger partial charge is 0.0835 e. The molecule has 2 fully saturated rings. The molecular formula is C18H25Br. The summed E-state index contributed by atoms with van der Waals surface area (Å²) < 4.78 is 0. The van der Waals surface area contributed by atoms with E-state index in [0.29, 0.717) is 4.83 Å². The molecule has 0 aromatic heterocycles. The van der Waals surface area contributed by atoms with E-state index in [2.05, 4.69) is 49.7 Å². The molecule has 1 aromatic rings. The predicted octanol–water partition coefficient (Wildman–Crippen LogP) is 5.79.